The lowest BCUT2D eigenvalue weighted by molar-refractivity contribution is -0.152. The first-order valence-corrected chi connectivity index (χ1v) is 10.9. The first-order valence-electron chi connectivity index (χ1n) is 10.9. The maximum Gasteiger partial charge on any atom is 0.338 e. The van der Waals surface area contributed by atoms with Crippen molar-refractivity contribution in [2.24, 2.45) is 0 Å². The van der Waals surface area contributed by atoms with Crippen molar-refractivity contribution in [3.63, 3.8) is 0 Å². The van der Waals surface area contributed by atoms with Crippen molar-refractivity contribution < 1.29 is 23.8 Å². The van der Waals surface area contributed by atoms with Crippen molar-refractivity contribution in [2.45, 2.75) is 32.1 Å². The van der Waals surface area contributed by atoms with Crippen LogP contribution in [0.2, 0.25) is 0 Å². The van der Waals surface area contributed by atoms with Gasteiger partial charge in [0.2, 0.25) is 0 Å². The summed E-state index contributed by atoms with van der Waals surface area (Å²) in [6, 6.07) is 16.9. The number of rotatable bonds is 9. The highest BCUT2D eigenvalue weighted by atomic mass is 16.5. The van der Waals surface area contributed by atoms with Gasteiger partial charge < -0.3 is 14.2 Å². The average molecular weight is 426 g/mol. The summed E-state index contributed by atoms with van der Waals surface area (Å²) in [5, 5.41) is 0. The summed E-state index contributed by atoms with van der Waals surface area (Å²) in [7, 11) is 0. The number of hydrogen-bond donors (Lipinski definition) is 0. The largest absolute Gasteiger partial charge is 0.492 e. The molecule has 0 bridgehead atoms. The van der Waals surface area contributed by atoms with Crippen LogP contribution < -0.4 is 4.74 Å². The van der Waals surface area contributed by atoms with Crippen molar-refractivity contribution in [3.05, 3.63) is 65.7 Å². The van der Waals surface area contributed by atoms with E-state index in [-0.39, 0.29) is 11.9 Å². The second kappa shape index (κ2) is 11.0. The number of ether oxygens (including phenoxy) is 3. The van der Waals surface area contributed by atoms with Gasteiger partial charge in [0.1, 0.15) is 12.4 Å². The van der Waals surface area contributed by atoms with Gasteiger partial charge >= 0.3 is 11.9 Å². The zero-order valence-electron chi connectivity index (χ0n) is 18.3. The van der Waals surface area contributed by atoms with E-state index in [0.717, 1.165) is 43.8 Å². The van der Waals surface area contributed by atoms with E-state index >= 15 is 0 Å². The van der Waals surface area contributed by atoms with Crippen LogP contribution in [0.5, 0.6) is 5.75 Å². The average Bonchev–Trinajstić information content (AvgIpc) is 2.81. The molecule has 0 N–H and O–H groups in total. The quantitative estimate of drug-likeness (QED) is 0.569. The van der Waals surface area contributed by atoms with Gasteiger partial charge in [-0.25, -0.2) is 4.79 Å². The van der Waals surface area contributed by atoms with Gasteiger partial charge in [-0.1, -0.05) is 30.3 Å². The normalized spacial score (nSPS) is 15.8. The molecular formula is C25H31NO5. The number of carbonyl (C=O) groups is 2. The molecule has 1 aliphatic rings. The van der Waals surface area contributed by atoms with Crippen LogP contribution in [-0.4, -0.2) is 56.3 Å². The molecule has 0 aromatic heterocycles. The lowest BCUT2D eigenvalue weighted by Gasteiger charge is -2.40. The van der Waals surface area contributed by atoms with Gasteiger partial charge in [0.15, 0.2) is 0 Å². The molecule has 2 aromatic carbocycles. The molecule has 1 saturated heterocycles. The third-order valence-corrected chi connectivity index (χ3v) is 5.74. The van der Waals surface area contributed by atoms with Crippen LogP contribution in [0.4, 0.5) is 0 Å². The Morgan fingerprint density at radius 2 is 1.55 bits per heavy atom. The maximum atomic E-state index is 12.8. The Balaban J connectivity index is 1.52. The summed E-state index contributed by atoms with van der Waals surface area (Å²) in [6.07, 6.45) is 1.45. The molecule has 0 amide bonds. The molecule has 166 valence electrons. The molecule has 0 spiro atoms. The van der Waals surface area contributed by atoms with Crippen LogP contribution in [0.15, 0.2) is 54.6 Å². The molecular weight excluding hydrogens is 394 g/mol. The molecule has 6 nitrogen and oxygen atoms in total. The first-order chi connectivity index (χ1) is 15.1. The van der Waals surface area contributed by atoms with Crippen LogP contribution in [0.1, 0.15) is 42.6 Å². The van der Waals surface area contributed by atoms with E-state index in [1.807, 2.05) is 37.3 Å². The van der Waals surface area contributed by atoms with Crippen molar-refractivity contribution >= 4 is 11.9 Å². The third kappa shape index (κ3) is 5.64. The predicted molar refractivity (Wildman–Crippen MR) is 118 cm³/mol. The Hall–Kier alpha value is -2.86. The zero-order chi connectivity index (χ0) is 22.1. The maximum absolute atomic E-state index is 12.8. The van der Waals surface area contributed by atoms with Gasteiger partial charge in [-0.2, -0.15) is 0 Å². The second-order valence-electron chi connectivity index (χ2n) is 7.60. The Bertz CT molecular complexity index is 842. The van der Waals surface area contributed by atoms with Crippen molar-refractivity contribution in [1.82, 2.24) is 4.90 Å². The minimum Gasteiger partial charge on any atom is -0.492 e. The minimum atomic E-state index is -0.572. The van der Waals surface area contributed by atoms with E-state index in [1.54, 1.807) is 31.2 Å². The monoisotopic (exact) mass is 425 g/mol. The molecule has 0 radical (unpaired) electrons. The number of nitrogens with zero attached hydrogens (tertiary/aromatic N) is 1. The van der Waals surface area contributed by atoms with E-state index in [9.17, 15) is 9.59 Å². The summed E-state index contributed by atoms with van der Waals surface area (Å²) >= 11 is 0. The smallest absolute Gasteiger partial charge is 0.338 e. The van der Waals surface area contributed by atoms with Crippen molar-refractivity contribution in [3.8, 4) is 5.75 Å². The number of piperidine rings is 1. The molecule has 0 atom stereocenters. The fourth-order valence-electron chi connectivity index (χ4n) is 3.99. The van der Waals surface area contributed by atoms with E-state index in [4.69, 9.17) is 14.2 Å². The summed E-state index contributed by atoms with van der Waals surface area (Å²) in [5.74, 6) is 0.264. The second-order valence-corrected chi connectivity index (χ2v) is 7.60. The van der Waals surface area contributed by atoms with E-state index in [0.29, 0.717) is 25.4 Å². The van der Waals surface area contributed by atoms with Crippen LogP contribution >= 0.6 is 0 Å². The fourth-order valence-corrected chi connectivity index (χ4v) is 3.99. The van der Waals surface area contributed by atoms with Crippen LogP contribution in [0.25, 0.3) is 0 Å². The molecule has 1 fully saturated rings. The molecule has 6 heteroatoms. The lowest BCUT2D eigenvalue weighted by atomic mass is 9.72. The molecule has 2 aromatic rings. The van der Waals surface area contributed by atoms with Crippen molar-refractivity contribution in [1.29, 1.82) is 0 Å². The number of hydrogen-bond acceptors (Lipinski definition) is 6. The number of esters is 2. The van der Waals surface area contributed by atoms with Gasteiger partial charge in [0.25, 0.3) is 0 Å². The summed E-state index contributed by atoms with van der Waals surface area (Å²) in [6.45, 7) is 7.30. The fraction of sp³-hybridized carbons (Fsp3) is 0.440. The van der Waals surface area contributed by atoms with Crippen LogP contribution in [-0.2, 0) is 19.7 Å². The summed E-state index contributed by atoms with van der Waals surface area (Å²) in [5.41, 5.74) is 0.977. The topological polar surface area (TPSA) is 65.1 Å². The predicted octanol–water partition coefficient (Wildman–Crippen LogP) is 3.84. The molecule has 0 unspecified atom stereocenters. The third-order valence-electron chi connectivity index (χ3n) is 5.74. The molecule has 0 aliphatic carbocycles. The molecule has 3 rings (SSSR count). The Morgan fingerprint density at radius 1 is 0.903 bits per heavy atom. The van der Waals surface area contributed by atoms with Gasteiger partial charge in [0.05, 0.1) is 24.2 Å². The molecule has 1 heterocycles. The number of likely N-dealkylation sites (tertiary alicyclic amines) is 1. The van der Waals surface area contributed by atoms with Gasteiger partial charge in [-0.15, -0.1) is 0 Å². The highest BCUT2D eigenvalue weighted by Crippen LogP contribution is 2.36. The molecule has 31 heavy (non-hydrogen) atoms. The first kappa shape index (κ1) is 22.8. The van der Waals surface area contributed by atoms with Gasteiger partial charge in [-0.05, 0) is 69.6 Å². The highest BCUT2D eigenvalue weighted by molar-refractivity contribution is 5.89. The number of benzene rings is 2. The van der Waals surface area contributed by atoms with Gasteiger partial charge in [-0.3, -0.25) is 9.69 Å². The summed E-state index contributed by atoms with van der Waals surface area (Å²) < 4.78 is 16.3. The Kier molecular flexibility index (Phi) is 8.06. The minimum absolute atomic E-state index is 0.126. The van der Waals surface area contributed by atoms with E-state index < -0.39 is 5.41 Å². The molecule has 0 saturated carbocycles. The SMILES string of the molecule is CCOC(=O)c1ccc(OCCN2CCC(C(=O)OCC)(c3ccccc3)CC2)cc1. The van der Waals surface area contributed by atoms with Gasteiger partial charge in [0, 0.05) is 6.54 Å². The van der Waals surface area contributed by atoms with Crippen LogP contribution in [0.3, 0.4) is 0 Å². The van der Waals surface area contributed by atoms with Crippen LogP contribution in [0, 0.1) is 0 Å². The Morgan fingerprint density at radius 3 is 2.16 bits per heavy atom. The van der Waals surface area contributed by atoms with E-state index in [2.05, 4.69) is 4.90 Å². The van der Waals surface area contributed by atoms with Crippen molar-refractivity contribution in [2.75, 3.05) is 39.5 Å². The Labute approximate surface area is 184 Å². The zero-order valence-corrected chi connectivity index (χ0v) is 18.3. The summed E-state index contributed by atoms with van der Waals surface area (Å²) in [4.78, 5) is 26.9. The lowest BCUT2D eigenvalue weighted by Crippen LogP contribution is -2.48. The number of carbonyl (C=O) groups excluding carboxylic acids is 2. The molecule has 1 aliphatic heterocycles. The highest BCUT2D eigenvalue weighted by Gasteiger charge is 2.44. The van der Waals surface area contributed by atoms with E-state index in [1.165, 1.54) is 0 Å². The standard InChI is InChI=1S/C25H31NO5/c1-3-29-23(27)20-10-12-22(13-11-20)31-19-18-26-16-14-25(15-17-26,24(28)30-4-2)21-8-6-5-7-9-21/h5-13H,3-4,14-19H2,1-2H3.